The van der Waals surface area contributed by atoms with Gasteiger partial charge in [-0.3, -0.25) is 0 Å². The highest BCUT2D eigenvalue weighted by molar-refractivity contribution is 9.10. The zero-order valence-corrected chi connectivity index (χ0v) is 12.8. The van der Waals surface area contributed by atoms with Crippen LogP contribution in [0.25, 0.3) is 10.8 Å². The Morgan fingerprint density at radius 1 is 1.21 bits per heavy atom. The van der Waals surface area contributed by atoms with Gasteiger partial charge in [0.05, 0.1) is 13.2 Å². The highest BCUT2D eigenvalue weighted by Crippen LogP contribution is 2.34. The summed E-state index contributed by atoms with van der Waals surface area (Å²) in [5.41, 5.74) is 0. The molecule has 0 amide bonds. The molecule has 0 aliphatic heterocycles. The Hall–Kier alpha value is -0.810. The molecule has 2 aromatic carbocycles. The summed E-state index contributed by atoms with van der Waals surface area (Å²) in [6.07, 6.45) is 0. The smallest absolute Gasteiger partial charge is 0.189 e. The van der Waals surface area contributed by atoms with E-state index in [1.54, 1.807) is 7.11 Å². The second kappa shape index (κ2) is 7.10. The van der Waals surface area contributed by atoms with Crippen molar-refractivity contribution in [3.8, 4) is 5.75 Å². The van der Waals surface area contributed by atoms with Crippen LogP contribution in [0.4, 0.5) is 0 Å². The van der Waals surface area contributed by atoms with Crippen LogP contribution < -0.4 is 4.74 Å². The van der Waals surface area contributed by atoms with Gasteiger partial charge in [-0.25, -0.2) is 0 Å². The summed E-state index contributed by atoms with van der Waals surface area (Å²) in [6.45, 7) is 1.26. The van der Waals surface area contributed by atoms with Crippen LogP contribution in [0, 0.1) is 0 Å². The third kappa shape index (κ3) is 3.83. The molecule has 0 unspecified atom stereocenters. The van der Waals surface area contributed by atoms with Crippen molar-refractivity contribution in [2.24, 2.45) is 0 Å². The van der Waals surface area contributed by atoms with Gasteiger partial charge in [0.1, 0.15) is 5.75 Å². The number of rotatable bonds is 6. The fraction of sp³-hybridized carbons (Fsp3) is 0.286. The van der Waals surface area contributed by atoms with Crippen molar-refractivity contribution in [1.82, 2.24) is 0 Å². The molecule has 0 heterocycles. The Labute approximate surface area is 125 Å². The number of halogens is 2. The molecule has 2 aromatic rings. The summed E-state index contributed by atoms with van der Waals surface area (Å²) in [6, 6.07) is 9.59. The molecule has 0 N–H and O–H groups in total. The van der Waals surface area contributed by atoms with Gasteiger partial charge in [0.15, 0.2) is 6.79 Å². The van der Waals surface area contributed by atoms with Crippen LogP contribution in [0.5, 0.6) is 5.75 Å². The minimum absolute atomic E-state index is 0.196. The number of hydrogen-bond donors (Lipinski definition) is 0. The average molecular weight is 346 g/mol. The van der Waals surface area contributed by atoms with Gasteiger partial charge in [-0.05, 0) is 39.5 Å². The van der Waals surface area contributed by atoms with E-state index >= 15 is 0 Å². The minimum atomic E-state index is 0.196. The lowest BCUT2D eigenvalue weighted by molar-refractivity contribution is -0.00843. The molecule has 0 saturated heterocycles. The van der Waals surface area contributed by atoms with Gasteiger partial charge in [0.25, 0.3) is 0 Å². The number of benzene rings is 2. The Kier molecular flexibility index (Phi) is 5.45. The standard InChI is InChI=1S/C14H14BrClO3/c1-17-5-6-18-9-19-11-7-10-3-2-4-13(16)14(10)12(15)8-11/h2-4,7-8H,5-6,9H2,1H3. The summed E-state index contributed by atoms with van der Waals surface area (Å²) in [5.74, 6) is 0.735. The lowest BCUT2D eigenvalue weighted by atomic mass is 10.1. The molecule has 19 heavy (non-hydrogen) atoms. The first-order chi connectivity index (χ1) is 9.22. The molecule has 5 heteroatoms. The molecule has 0 saturated carbocycles. The first-order valence-corrected chi connectivity index (χ1v) is 6.96. The van der Waals surface area contributed by atoms with Gasteiger partial charge in [-0.15, -0.1) is 0 Å². The monoisotopic (exact) mass is 344 g/mol. The van der Waals surface area contributed by atoms with E-state index < -0.39 is 0 Å². The fourth-order valence-corrected chi connectivity index (χ4v) is 2.77. The largest absolute Gasteiger partial charge is 0.467 e. The molecule has 0 bridgehead atoms. The molecule has 102 valence electrons. The summed E-state index contributed by atoms with van der Waals surface area (Å²) in [7, 11) is 1.63. The van der Waals surface area contributed by atoms with Gasteiger partial charge in [-0.2, -0.15) is 0 Å². The third-order valence-corrected chi connectivity index (χ3v) is 3.53. The molecule has 0 aliphatic carbocycles. The molecule has 0 aliphatic rings. The maximum atomic E-state index is 6.17. The van der Waals surface area contributed by atoms with Crippen molar-refractivity contribution < 1.29 is 14.2 Å². The number of fused-ring (bicyclic) bond motifs is 1. The topological polar surface area (TPSA) is 27.7 Å². The molecule has 0 radical (unpaired) electrons. The molecule has 0 fully saturated rings. The van der Waals surface area contributed by atoms with Gasteiger partial charge >= 0.3 is 0 Å². The second-order valence-electron chi connectivity index (χ2n) is 3.91. The third-order valence-electron chi connectivity index (χ3n) is 2.59. The molecular weight excluding hydrogens is 332 g/mol. The molecule has 0 atom stereocenters. The molecule has 0 aromatic heterocycles. The summed E-state index contributed by atoms with van der Waals surface area (Å²) < 4.78 is 16.6. The SMILES string of the molecule is COCCOCOc1cc(Br)c2c(Cl)cccc2c1. The lowest BCUT2D eigenvalue weighted by Crippen LogP contribution is -2.07. The first-order valence-electron chi connectivity index (χ1n) is 5.79. The first kappa shape index (κ1) is 14.6. The maximum Gasteiger partial charge on any atom is 0.189 e. The second-order valence-corrected chi connectivity index (χ2v) is 5.17. The number of ether oxygens (including phenoxy) is 3. The molecule has 0 spiro atoms. The normalized spacial score (nSPS) is 10.9. The number of methoxy groups -OCH3 is 1. The summed E-state index contributed by atoms with van der Waals surface area (Å²) in [4.78, 5) is 0. The van der Waals surface area contributed by atoms with Crippen LogP contribution in [0.3, 0.4) is 0 Å². The minimum Gasteiger partial charge on any atom is -0.467 e. The van der Waals surface area contributed by atoms with Crippen molar-refractivity contribution >= 4 is 38.3 Å². The van der Waals surface area contributed by atoms with E-state index in [1.165, 1.54) is 0 Å². The van der Waals surface area contributed by atoms with E-state index in [2.05, 4.69) is 15.9 Å². The summed E-state index contributed by atoms with van der Waals surface area (Å²) in [5, 5.41) is 2.72. The predicted molar refractivity (Wildman–Crippen MR) is 80.0 cm³/mol. The van der Waals surface area contributed by atoms with Gasteiger partial charge in [0.2, 0.25) is 0 Å². The van der Waals surface area contributed by atoms with Gasteiger partial charge in [0, 0.05) is 22.0 Å². The van der Waals surface area contributed by atoms with Crippen molar-refractivity contribution in [2.45, 2.75) is 0 Å². The Morgan fingerprint density at radius 2 is 2.05 bits per heavy atom. The van der Waals surface area contributed by atoms with Crippen molar-refractivity contribution in [1.29, 1.82) is 0 Å². The van der Waals surface area contributed by atoms with Crippen LogP contribution in [-0.2, 0) is 9.47 Å². The van der Waals surface area contributed by atoms with Crippen LogP contribution in [0.1, 0.15) is 0 Å². The fourth-order valence-electron chi connectivity index (χ4n) is 1.70. The maximum absolute atomic E-state index is 6.17. The Bertz CT molecular complexity index is 560. The molecule has 3 nitrogen and oxygen atoms in total. The van der Waals surface area contributed by atoms with Crippen molar-refractivity contribution in [3.63, 3.8) is 0 Å². The average Bonchev–Trinajstić information content (AvgIpc) is 2.38. The van der Waals surface area contributed by atoms with E-state index in [4.69, 9.17) is 25.8 Å². The van der Waals surface area contributed by atoms with Crippen molar-refractivity contribution in [2.75, 3.05) is 27.1 Å². The van der Waals surface area contributed by atoms with Crippen LogP contribution in [0.15, 0.2) is 34.8 Å². The van der Waals surface area contributed by atoms with E-state index in [9.17, 15) is 0 Å². The zero-order valence-electron chi connectivity index (χ0n) is 10.5. The molecule has 2 rings (SSSR count). The summed E-state index contributed by atoms with van der Waals surface area (Å²) >= 11 is 9.67. The molecular formula is C14H14BrClO3. The van der Waals surface area contributed by atoms with E-state index in [0.29, 0.717) is 18.2 Å². The highest BCUT2D eigenvalue weighted by atomic mass is 79.9. The van der Waals surface area contributed by atoms with E-state index in [-0.39, 0.29) is 6.79 Å². The van der Waals surface area contributed by atoms with Crippen LogP contribution in [-0.4, -0.2) is 27.1 Å². The number of hydrogen-bond acceptors (Lipinski definition) is 3. The van der Waals surface area contributed by atoms with Crippen molar-refractivity contribution in [3.05, 3.63) is 39.8 Å². The zero-order chi connectivity index (χ0) is 13.7. The van der Waals surface area contributed by atoms with Gasteiger partial charge in [-0.1, -0.05) is 23.7 Å². The predicted octanol–water partition coefficient (Wildman–Crippen LogP) is 4.26. The van der Waals surface area contributed by atoms with Gasteiger partial charge < -0.3 is 14.2 Å². The lowest BCUT2D eigenvalue weighted by Gasteiger charge is -2.10. The van der Waals surface area contributed by atoms with E-state index in [0.717, 1.165) is 21.0 Å². The van der Waals surface area contributed by atoms with Crippen LogP contribution in [0.2, 0.25) is 5.02 Å². The van der Waals surface area contributed by atoms with Crippen LogP contribution >= 0.6 is 27.5 Å². The quantitative estimate of drug-likeness (QED) is 0.578. The Balaban J connectivity index is 2.09. The van der Waals surface area contributed by atoms with E-state index in [1.807, 2.05) is 30.3 Å². The Morgan fingerprint density at radius 3 is 2.84 bits per heavy atom. The highest BCUT2D eigenvalue weighted by Gasteiger charge is 2.06.